The summed E-state index contributed by atoms with van der Waals surface area (Å²) in [6, 6.07) is 4.56. The van der Waals surface area contributed by atoms with Gasteiger partial charge in [0.25, 0.3) is 0 Å². The molecule has 2 aromatic rings. The molecular weight excluding hydrogens is 414 g/mol. The molecule has 160 valence electrons. The predicted octanol–water partition coefficient (Wildman–Crippen LogP) is 2.68. The number of hydrogen-bond donors (Lipinski definition) is 1. The topological polar surface area (TPSA) is 97.7 Å². The summed E-state index contributed by atoms with van der Waals surface area (Å²) >= 11 is 1.09. The van der Waals surface area contributed by atoms with Gasteiger partial charge in [-0.05, 0) is 32.0 Å². The van der Waals surface area contributed by atoms with E-state index in [0.29, 0.717) is 25.4 Å². The number of nitrogens with one attached hydrogen (secondary N) is 1. The zero-order valence-corrected chi connectivity index (χ0v) is 18.7. The molecule has 0 unspecified atom stereocenters. The van der Waals surface area contributed by atoms with Crippen LogP contribution in [0.5, 0.6) is 5.75 Å². The Labute approximate surface area is 175 Å². The standard InChI is InChI=1S/C19H27N3O5S2/c1-5-21(6-2)29(25,26)17-12-15(8-9-16(17)27-7-3)20-18(23)10-11-22-14(4)13-28-19(22)24/h8-9,12-13H,5-7,10-11H2,1-4H3,(H,20,23). The van der Waals surface area contributed by atoms with Gasteiger partial charge in [0, 0.05) is 42.8 Å². The predicted molar refractivity (Wildman–Crippen MR) is 114 cm³/mol. The number of aromatic nitrogens is 1. The third-order valence-corrected chi connectivity index (χ3v) is 7.34. The summed E-state index contributed by atoms with van der Waals surface area (Å²) < 4.78 is 34.3. The molecule has 0 aliphatic carbocycles. The van der Waals surface area contributed by atoms with Crippen LogP contribution in [0.15, 0.2) is 33.3 Å². The van der Waals surface area contributed by atoms with Gasteiger partial charge in [-0.25, -0.2) is 8.42 Å². The number of ether oxygens (including phenoxy) is 1. The average molecular weight is 442 g/mol. The van der Waals surface area contributed by atoms with Crippen LogP contribution < -0.4 is 14.9 Å². The first-order chi connectivity index (χ1) is 13.7. The number of carbonyl (C=O) groups is 1. The van der Waals surface area contributed by atoms with Crippen LogP contribution in [0.2, 0.25) is 0 Å². The number of anilines is 1. The minimum absolute atomic E-state index is 0.0192. The van der Waals surface area contributed by atoms with Crippen molar-refractivity contribution in [2.45, 2.75) is 45.6 Å². The Kier molecular flexibility index (Phi) is 8.00. The highest BCUT2D eigenvalue weighted by molar-refractivity contribution is 7.89. The van der Waals surface area contributed by atoms with Crippen LogP contribution in [0.25, 0.3) is 0 Å². The third-order valence-electron chi connectivity index (χ3n) is 4.39. The third kappa shape index (κ3) is 5.46. The monoisotopic (exact) mass is 441 g/mol. The van der Waals surface area contributed by atoms with Crippen molar-refractivity contribution in [2.75, 3.05) is 25.0 Å². The number of thiazole rings is 1. The molecule has 8 nitrogen and oxygen atoms in total. The van der Waals surface area contributed by atoms with Gasteiger partial charge in [-0.1, -0.05) is 25.2 Å². The number of rotatable bonds is 10. The minimum Gasteiger partial charge on any atom is -0.492 e. The molecule has 1 heterocycles. The summed E-state index contributed by atoms with van der Waals surface area (Å²) in [6.45, 7) is 8.36. The number of carbonyl (C=O) groups excluding carboxylic acids is 1. The molecule has 1 N–H and O–H groups in total. The molecule has 0 atom stereocenters. The molecule has 0 bridgehead atoms. The fourth-order valence-corrected chi connectivity index (χ4v) is 5.25. The Balaban J connectivity index is 2.23. The van der Waals surface area contributed by atoms with Crippen molar-refractivity contribution in [1.29, 1.82) is 0 Å². The van der Waals surface area contributed by atoms with Crippen molar-refractivity contribution >= 4 is 33.0 Å². The van der Waals surface area contributed by atoms with Crippen molar-refractivity contribution in [3.8, 4) is 5.75 Å². The van der Waals surface area contributed by atoms with E-state index in [9.17, 15) is 18.0 Å². The average Bonchev–Trinajstić information content (AvgIpc) is 3.00. The molecular formula is C19H27N3O5S2. The van der Waals surface area contributed by atoms with E-state index in [1.807, 2.05) is 6.92 Å². The molecule has 2 rings (SSSR count). The molecule has 0 saturated carbocycles. The van der Waals surface area contributed by atoms with Gasteiger partial charge in [-0.3, -0.25) is 9.59 Å². The Morgan fingerprint density at radius 1 is 1.24 bits per heavy atom. The summed E-state index contributed by atoms with van der Waals surface area (Å²) in [5.41, 5.74) is 1.17. The van der Waals surface area contributed by atoms with Gasteiger partial charge in [-0.15, -0.1) is 0 Å². The maximum Gasteiger partial charge on any atom is 0.307 e. The first-order valence-electron chi connectivity index (χ1n) is 9.46. The van der Waals surface area contributed by atoms with Crippen molar-refractivity contribution in [3.05, 3.63) is 38.9 Å². The van der Waals surface area contributed by atoms with E-state index < -0.39 is 10.0 Å². The molecule has 0 spiro atoms. The lowest BCUT2D eigenvalue weighted by Crippen LogP contribution is -2.31. The van der Waals surface area contributed by atoms with E-state index in [1.165, 1.54) is 10.4 Å². The lowest BCUT2D eigenvalue weighted by Gasteiger charge is -2.21. The summed E-state index contributed by atoms with van der Waals surface area (Å²) in [4.78, 5) is 24.0. The van der Waals surface area contributed by atoms with Gasteiger partial charge in [0.1, 0.15) is 10.6 Å². The summed E-state index contributed by atoms with van der Waals surface area (Å²) in [7, 11) is -3.76. The van der Waals surface area contributed by atoms with Crippen molar-refractivity contribution in [2.24, 2.45) is 0 Å². The van der Waals surface area contributed by atoms with E-state index in [0.717, 1.165) is 17.0 Å². The fourth-order valence-electron chi connectivity index (χ4n) is 2.88. The lowest BCUT2D eigenvalue weighted by atomic mass is 10.3. The number of nitrogens with zero attached hydrogens (tertiary/aromatic N) is 2. The molecule has 0 fully saturated rings. The van der Waals surface area contributed by atoms with Gasteiger partial charge in [0.05, 0.1) is 6.61 Å². The number of amides is 1. The molecule has 0 aliphatic rings. The molecule has 0 radical (unpaired) electrons. The van der Waals surface area contributed by atoms with E-state index in [4.69, 9.17) is 4.74 Å². The summed E-state index contributed by atoms with van der Waals surface area (Å²) in [5, 5.41) is 4.46. The zero-order chi connectivity index (χ0) is 21.6. The Hall–Kier alpha value is -2.17. The highest BCUT2D eigenvalue weighted by atomic mass is 32.2. The van der Waals surface area contributed by atoms with Gasteiger partial charge in [0.2, 0.25) is 15.9 Å². The van der Waals surface area contributed by atoms with Crippen LogP contribution in [0.3, 0.4) is 0 Å². The summed E-state index contributed by atoms with van der Waals surface area (Å²) in [6.07, 6.45) is 0.100. The molecule has 1 aromatic heterocycles. The van der Waals surface area contributed by atoms with Crippen molar-refractivity contribution in [1.82, 2.24) is 8.87 Å². The number of sulfonamides is 1. The summed E-state index contributed by atoms with van der Waals surface area (Å²) in [5.74, 6) is -0.0595. The molecule has 0 saturated heterocycles. The highest BCUT2D eigenvalue weighted by Crippen LogP contribution is 2.30. The van der Waals surface area contributed by atoms with Gasteiger partial charge in [-0.2, -0.15) is 4.31 Å². The molecule has 1 amide bonds. The maximum atomic E-state index is 13.0. The largest absolute Gasteiger partial charge is 0.492 e. The van der Waals surface area contributed by atoms with E-state index in [2.05, 4.69) is 5.32 Å². The van der Waals surface area contributed by atoms with Crippen LogP contribution in [0, 0.1) is 6.92 Å². The van der Waals surface area contributed by atoms with Crippen LogP contribution in [0.4, 0.5) is 5.69 Å². The molecule has 0 aliphatic heterocycles. The molecule has 1 aromatic carbocycles. The Morgan fingerprint density at radius 2 is 1.93 bits per heavy atom. The second-order valence-corrected chi connectivity index (χ2v) is 9.00. The van der Waals surface area contributed by atoms with E-state index in [1.54, 1.807) is 42.9 Å². The zero-order valence-electron chi connectivity index (χ0n) is 17.1. The maximum absolute atomic E-state index is 13.0. The van der Waals surface area contributed by atoms with Gasteiger partial charge < -0.3 is 14.6 Å². The van der Waals surface area contributed by atoms with Crippen LogP contribution in [-0.2, 0) is 21.4 Å². The first kappa shape index (κ1) is 23.1. The van der Waals surface area contributed by atoms with Crippen LogP contribution in [-0.4, -0.2) is 42.9 Å². The number of hydrogen-bond acceptors (Lipinski definition) is 6. The first-order valence-corrected chi connectivity index (χ1v) is 11.8. The van der Waals surface area contributed by atoms with Crippen LogP contribution >= 0.6 is 11.3 Å². The molecule has 10 heteroatoms. The van der Waals surface area contributed by atoms with Gasteiger partial charge >= 0.3 is 4.87 Å². The Morgan fingerprint density at radius 3 is 2.48 bits per heavy atom. The minimum atomic E-state index is -3.76. The number of aryl methyl sites for hydroxylation is 1. The van der Waals surface area contributed by atoms with Crippen molar-refractivity contribution in [3.63, 3.8) is 0 Å². The lowest BCUT2D eigenvalue weighted by molar-refractivity contribution is -0.116. The normalized spacial score (nSPS) is 11.6. The second-order valence-electron chi connectivity index (χ2n) is 6.28. The van der Waals surface area contributed by atoms with E-state index >= 15 is 0 Å². The smallest absolute Gasteiger partial charge is 0.307 e. The highest BCUT2D eigenvalue weighted by Gasteiger charge is 2.26. The van der Waals surface area contributed by atoms with E-state index in [-0.39, 0.29) is 34.4 Å². The fraction of sp³-hybridized carbons (Fsp3) is 0.474. The van der Waals surface area contributed by atoms with Crippen LogP contribution in [0.1, 0.15) is 32.9 Å². The van der Waals surface area contributed by atoms with Crippen molar-refractivity contribution < 1.29 is 17.9 Å². The SMILES string of the molecule is CCOc1ccc(NC(=O)CCn2c(C)csc2=O)cc1S(=O)(=O)N(CC)CC. The van der Waals surface area contributed by atoms with Gasteiger partial charge in [0.15, 0.2) is 0 Å². The quantitative estimate of drug-likeness (QED) is 0.611. The second kappa shape index (κ2) is 10.0. The number of benzene rings is 1. The Bertz CT molecular complexity index is 1010. The molecule has 29 heavy (non-hydrogen) atoms.